The van der Waals surface area contributed by atoms with Gasteiger partial charge in [-0.15, -0.1) is 0 Å². The maximum Gasteiger partial charge on any atom is 0.257 e. The Kier molecular flexibility index (Phi) is 5.87. The highest BCUT2D eigenvalue weighted by molar-refractivity contribution is 5.77. The third kappa shape index (κ3) is 4.85. The summed E-state index contributed by atoms with van der Waals surface area (Å²) in [4.78, 5) is 11.7. The highest BCUT2D eigenvalue weighted by atomic mass is 16.5. The molecule has 1 amide bonds. The molecule has 0 spiro atoms. The van der Waals surface area contributed by atoms with Crippen LogP contribution in [0.5, 0.6) is 5.75 Å². The van der Waals surface area contributed by atoms with Crippen LogP contribution in [0.4, 0.5) is 0 Å². The third-order valence-electron chi connectivity index (χ3n) is 3.79. The average Bonchev–Trinajstić information content (AvgIpc) is 2.52. The molecule has 1 aromatic rings. The van der Waals surface area contributed by atoms with Gasteiger partial charge in [-0.25, -0.2) is 0 Å². The molecule has 1 aliphatic rings. The van der Waals surface area contributed by atoms with Crippen molar-refractivity contribution in [3.63, 3.8) is 0 Å². The number of aliphatic hydroxyl groups is 1. The lowest BCUT2D eigenvalue weighted by Gasteiger charge is -2.21. The molecule has 0 atom stereocenters. The van der Waals surface area contributed by atoms with Crippen LogP contribution in [0.15, 0.2) is 24.3 Å². The molecule has 2 rings (SSSR count). The van der Waals surface area contributed by atoms with E-state index in [0.29, 0.717) is 11.7 Å². The average molecular weight is 277 g/mol. The van der Waals surface area contributed by atoms with Crippen LogP contribution in [0.2, 0.25) is 0 Å². The standard InChI is InChI=1S/C16H23NO3/c18-11-14-6-8-15(9-7-14)20-12-16(19)17-10-13-4-2-1-3-5-13/h6-9,13,18H,1-5,10-12H2,(H,17,19). The summed E-state index contributed by atoms with van der Waals surface area (Å²) < 4.78 is 5.41. The molecule has 0 radical (unpaired) electrons. The van der Waals surface area contributed by atoms with Crippen LogP contribution in [0, 0.1) is 5.92 Å². The van der Waals surface area contributed by atoms with Gasteiger partial charge < -0.3 is 15.2 Å². The first-order valence-electron chi connectivity index (χ1n) is 7.37. The lowest BCUT2D eigenvalue weighted by Crippen LogP contribution is -2.33. The van der Waals surface area contributed by atoms with Crippen molar-refractivity contribution in [3.8, 4) is 5.75 Å². The molecule has 4 nitrogen and oxygen atoms in total. The highest BCUT2D eigenvalue weighted by Crippen LogP contribution is 2.22. The first-order chi connectivity index (χ1) is 9.78. The summed E-state index contributed by atoms with van der Waals surface area (Å²) in [5, 5.41) is 11.9. The number of benzene rings is 1. The van der Waals surface area contributed by atoms with E-state index in [-0.39, 0.29) is 19.1 Å². The van der Waals surface area contributed by atoms with Crippen LogP contribution >= 0.6 is 0 Å². The van der Waals surface area contributed by atoms with Gasteiger partial charge in [0.25, 0.3) is 5.91 Å². The Morgan fingerprint density at radius 2 is 1.90 bits per heavy atom. The fourth-order valence-corrected chi connectivity index (χ4v) is 2.54. The van der Waals surface area contributed by atoms with Gasteiger partial charge >= 0.3 is 0 Å². The molecule has 0 aromatic heterocycles. The number of ether oxygens (including phenoxy) is 1. The zero-order chi connectivity index (χ0) is 14.2. The quantitative estimate of drug-likeness (QED) is 0.838. The maximum absolute atomic E-state index is 11.7. The summed E-state index contributed by atoms with van der Waals surface area (Å²) in [6.07, 6.45) is 6.35. The molecule has 0 aliphatic heterocycles. The number of amides is 1. The summed E-state index contributed by atoms with van der Waals surface area (Å²) in [6.45, 7) is 0.832. The lowest BCUT2D eigenvalue weighted by atomic mass is 9.89. The monoisotopic (exact) mass is 277 g/mol. The molecule has 2 N–H and O–H groups in total. The fraction of sp³-hybridized carbons (Fsp3) is 0.562. The number of carbonyl (C=O) groups is 1. The Labute approximate surface area is 120 Å². The summed E-state index contributed by atoms with van der Waals surface area (Å²) in [5.41, 5.74) is 0.833. The van der Waals surface area contributed by atoms with Crippen LogP contribution in [0.1, 0.15) is 37.7 Å². The lowest BCUT2D eigenvalue weighted by molar-refractivity contribution is -0.123. The van der Waals surface area contributed by atoms with Gasteiger partial charge in [0.2, 0.25) is 0 Å². The Morgan fingerprint density at radius 1 is 1.20 bits per heavy atom. The van der Waals surface area contributed by atoms with E-state index in [4.69, 9.17) is 9.84 Å². The largest absolute Gasteiger partial charge is 0.484 e. The summed E-state index contributed by atoms with van der Waals surface area (Å²) in [6, 6.07) is 7.10. The summed E-state index contributed by atoms with van der Waals surface area (Å²) in [7, 11) is 0. The van der Waals surface area contributed by atoms with E-state index < -0.39 is 0 Å². The van der Waals surface area contributed by atoms with Crippen LogP contribution in [-0.4, -0.2) is 24.2 Å². The van der Waals surface area contributed by atoms with Crippen molar-refractivity contribution in [2.45, 2.75) is 38.7 Å². The Balaban J connectivity index is 1.66. The molecule has 0 heterocycles. The van der Waals surface area contributed by atoms with Crippen LogP contribution in [0.3, 0.4) is 0 Å². The van der Waals surface area contributed by atoms with Gasteiger partial charge in [-0.3, -0.25) is 4.79 Å². The number of rotatable bonds is 6. The van der Waals surface area contributed by atoms with Gasteiger partial charge in [0.15, 0.2) is 6.61 Å². The molecule has 0 bridgehead atoms. The van der Waals surface area contributed by atoms with Crippen molar-refractivity contribution in [2.24, 2.45) is 5.92 Å². The van der Waals surface area contributed by atoms with Crippen molar-refractivity contribution in [1.29, 1.82) is 0 Å². The smallest absolute Gasteiger partial charge is 0.257 e. The van der Waals surface area contributed by atoms with Crippen molar-refractivity contribution in [1.82, 2.24) is 5.32 Å². The number of aliphatic hydroxyl groups excluding tert-OH is 1. The van der Waals surface area contributed by atoms with E-state index in [0.717, 1.165) is 12.1 Å². The molecule has 1 fully saturated rings. The van der Waals surface area contributed by atoms with E-state index in [9.17, 15) is 4.79 Å². The van der Waals surface area contributed by atoms with E-state index in [1.165, 1.54) is 32.1 Å². The minimum absolute atomic E-state index is 0.0160. The van der Waals surface area contributed by atoms with Gasteiger partial charge in [-0.1, -0.05) is 31.4 Å². The topological polar surface area (TPSA) is 58.6 Å². The zero-order valence-corrected chi connectivity index (χ0v) is 11.8. The number of nitrogens with one attached hydrogen (secondary N) is 1. The first kappa shape index (κ1) is 14.9. The highest BCUT2D eigenvalue weighted by Gasteiger charge is 2.14. The molecule has 0 unspecified atom stereocenters. The molecule has 4 heteroatoms. The second kappa shape index (κ2) is 7.90. The molecule has 20 heavy (non-hydrogen) atoms. The van der Waals surface area contributed by atoms with Crippen molar-refractivity contribution in [2.75, 3.05) is 13.2 Å². The zero-order valence-electron chi connectivity index (χ0n) is 11.8. The molecule has 1 aromatic carbocycles. The van der Waals surface area contributed by atoms with E-state index in [1.807, 2.05) is 0 Å². The van der Waals surface area contributed by atoms with Crippen molar-refractivity contribution < 1.29 is 14.6 Å². The second-order valence-corrected chi connectivity index (χ2v) is 5.40. The van der Waals surface area contributed by atoms with Crippen molar-refractivity contribution >= 4 is 5.91 Å². The Bertz CT molecular complexity index is 410. The van der Waals surface area contributed by atoms with Crippen molar-refractivity contribution in [3.05, 3.63) is 29.8 Å². The molecule has 1 aliphatic carbocycles. The van der Waals surface area contributed by atoms with Gasteiger partial charge in [-0.05, 0) is 36.5 Å². The second-order valence-electron chi connectivity index (χ2n) is 5.40. The SMILES string of the molecule is O=C(COc1ccc(CO)cc1)NCC1CCCCC1. The van der Waals surface area contributed by atoms with Gasteiger partial charge in [0.1, 0.15) is 5.75 Å². The number of carbonyl (C=O) groups excluding carboxylic acids is 1. The number of hydrogen-bond acceptors (Lipinski definition) is 3. The van der Waals surface area contributed by atoms with Gasteiger partial charge in [0, 0.05) is 6.54 Å². The van der Waals surface area contributed by atoms with Gasteiger partial charge in [-0.2, -0.15) is 0 Å². The predicted octanol–water partition coefficient (Wildman–Crippen LogP) is 2.25. The fourth-order valence-electron chi connectivity index (χ4n) is 2.54. The van der Waals surface area contributed by atoms with E-state index >= 15 is 0 Å². The van der Waals surface area contributed by atoms with Gasteiger partial charge in [0.05, 0.1) is 6.61 Å². The molecular weight excluding hydrogens is 254 g/mol. The Morgan fingerprint density at radius 3 is 2.55 bits per heavy atom. The van der Waals surface area contributed by atoms with Crippen LogP contribution in [0.25, 0.3) is 0 Å². The van der Waals surface area contributed by atoms with E-state index in [2.05, 4.69) is 5.32 Å². The van der Waals surface area contributed by atoms with Crippen LogP contribution < -0.4 is 10.1 Å². The minimum Gasteiger partial charge on any atom is -0.484 e. The first-order valence-corrected chi connectivity index (χ1v) is 7.37. The molecular formula is C16H23NO3. The van der Waals surface area contributed by atoms with Crippen LogP contribution in [-0.2, 0) is 11.4 Å². The van der Waals surface area contributed by atoms with E-state index in [1.54, 1.807) is 24.3 Å². The molecule has 1 saturated carbocycles. The maximum atomic E-state index is 11.7. The summed E-state index contributed by atoms with van der Waals surface area (Å²) >= 11 is 0. The molecule has 0 saturated heterocycles. The third-order valence-corrected chi connectivity index (χ3v) is 3.79. The molecule has 110 valence electrons. The number of hydrogen-bond donors (Lipinski definition) is 2. The summed E-state index contributed by atoms with van der Waals surface area (Å²) in [5.74, 6) is 1.22. The predicted molar refractivity (Wildman–Crippen MR) is 77.4 cm³/mol. The normalized spacial score (nSPS) is 15.8. The minimum atomic E-state index is -0.0678. The Hall–Kier alpha value is -1.55.